The van der Waals surface area contributed by atoms with E-state index in [1.54, 1.807) is 0 Å². The van der Waals surface area contributed by atoms with Gasteiger partial charge in [0.25, 0.3) is 0 Å². The molecule has 0 rings (SSSR count). The summed E-state index contributed by atoms with van der Waals surface area (Å²) in [5, 5.41) is 14.8. The van der Waals surface area contributed by atoms with Crippen molar-refractivity contribution in [1.29, 1.82) is 0 Å². The van der Waals surface area contributed by atoms with Gasteiger partial charge in [0, 0.05) is 0 Å². The molecule has 0 spiro atoms. The molecule has 68 valence electrons. The van der Waals surface area contributed by atoms with Gasteiger partial charge in [-0.3, -0.25) is 0 Å². The molecule has 0 aliphatic rings. The van der Waals surface area contributed by atoms with Crippen LogP contribution in [0.3, 0.4) is 0 Å². The molecule has 6 N–H and O–H groups in total. The van der Waals surface area contributed by atoms with Crippen LogP contribution in [0, 0.1) is 0 Å². The molecular formula is C2H7O8RbTi. The van der Waals surface area contributed by atoms with Crippen molar-refractivity contribution in [3.63, 3.8) is 0 Å². The van der Waals surface area contributed by atoms with Crippen LogP contribution in [0.2, 0.25) is 0 Å². The first-order chi connectivity index (χ1) is 4.64. The molecule has 0 bridgehead atoms. The van der Waals surface area contributed by atoms with Crippen LogP contribution >= 0.6 is 0 Å². The molecule has 8 nitrogen and oxygen atoms in total. The van der Waals surface area contributed by atoms with Gasteiger partial charge in [-0.15, -0.1) is 0 Å². The summed E-state index contributed by atoms with van der Waals surface area (Å²) >= 11 is -5.00. The minimum atomic E-state index is -5.00. The van der Waals surface area contributed by atoms with E-state index in [4.69, 9.17) is 34.6 Å². The second-order valence-electron chi connectivity index (χ2n) is 1.21. The van der Waals surface area contributed by atoms with Crippen LogP contribution in [0.15, 0.2) is 0 Å². The van der Waals surface area contributed by atoms with E-state index in [1.165, 1.54) is 0 Å². The van der Waals surface area contributed by atoms with E-state index in [-0.39, 0.29) is 58.2 Å². The molecule has 0 saturated carbocycles. The van der Waals surface area contributed by atoms with E-state index < -0.39 is 30.1 Å². The summed E-state index contributed by atoms with van der Waals surface area (Å²) in [7, 11) is 0. The van der Waals surface area contributed by atoms with Crippen molar-refractivity contribution in [3.8, 4) is 0 Å². The Kier molecular flexibility index (Phi) is 14.0. The van der Waals surface area contributed by atoms with Crippen molar-refractivity contribution in [2.24, 2.45) is 0 Å². The molecule has 0 amide bonds. The number of aliphatic carboxylic acids is 2. The van der Waals surface area contributed by atoms with Gasteiger partial charge in [-0.2, -0.15) is 0 Å². The van der Waals surface area contributed by atoms with E-state index in [0.29, 0.717) is 0 Å². The van der Waals surface area contributed by atoms with Gasteiger partial charge >= 0.3 is 103 Å². The maximum atomic E-state index is 9.10. The van der Waals surface area contributed by atoms with Gasteiger partial charge in [-0.1, -0.05) is 0 Å². The Balaban J connectivity index is -0.000000126. The molecule has 10 heteroatoms. The van der Waals surface area contributed by atoms with Crippen molar-refractivity contribution < 1.29 is 52.7 Å². The van der Waals surface area contributed by atoms with Crippen molar-refractivity contribution >= 4 is 70.1 Å². The molecule has 0 atom stereocenters. The third-order valence-electron chi connectivity index (χ3n) is 0.183. The Hall–Kier alpha value is 1.30. The monoisotopic (exact) mass is 292 g/mol. The average molecular weight is 292 g/mol. The zero-order valence-electron chi connectivity index (χ0n) is 5.00. The van der Waals surface area contributed by atoms with Crippen molar-refractivity contribution in [2.45, 2.75) is 0 Å². The van der Waals surface area contributed by atoms with Gasteiger partial charge in [0.15, 0.2) is 0 Å². The number of carboxylic acids is 2. The average Bonchev–Trinajstić information content (AvgIpc) is 1.59. The van der Waals surface area contributed by atoms with Gasteiger partial charge in [0.05, 0.1) is 0 Å². The number of hydrogen-bond donors (Lipinski definition) is 6. The molecule has 0 aromatic carbocycles. The molecule has 0 aromatic heterocycles. The molecular weight excluding hydrogens is 285 g/mol. The first kappa shape index (κ1) is 19.0. The molecule has 0 aliphatic heterocycles. The SMILES string of the molecule is O=C(O)C(=O)O.[OH][Ti]([OH])([OH])[OH].[RbH]. The molecule has 0 heterocycles. The summed E-state index contributed by atoms with van der Waals surface area (Å²) in [5.74, 6) is -3.65. The second-order valence-corrected chi connectivity index (χ2v) is 3.08. The van der Waals surface area contributed by atoms with Crippen LogP contribution in [0.5, 0.6) is 0 Å². The number of carboxylic acid groups (broad SMARTS) is 2. The van der Waals surface area contributed by atoms with E-state index in [9.17, 15) is 0 Å². The molecule has 0 aliphatic carbocycles. The van der Waals surface area contributed by atoms with Crippen LogP contribution in [-0.4, -0.2) is 95.1 Å². The summed E-state index contributed by atoms with van der Waals surface area (Å²) in [6.45, 7) is 0. The Morgan fingerprint density at radius 2 is 0.917 bits per heavy atom. The van der Waals surface area contributed by atoms with Gasteiger partial charge in [-0.25, -0.2) is 9.59 Å². The van der Waals surface area contributed by atoms with Gasteiger partial charge in [0.2, 0.25) is 0 Å². The normalized spacial score (nSPS) is 8.67. The Morgan fingerprint density at radius 1 is 0.833 bits per heavy atom. The fourth-order valence-electron chi connectivity index (χ4n) is 0. The van der Waals surface area contributed by atoms with E-state index >= 15 is 0 Å². The van der Waals surface area contributed by atoms with Gasteiger partial charge in [-0.05, 0) is 0 Å². The minimum absolute atomic E-state index is 0. The van der Waals surface area contributed by atoms with E-state index in [2.05, 4.69) is 0 Å². The summed E-state index contributed by atoms with van der Waals surface area (Å²) in [6.07, 6.45) is 0. The first-order valence-electron chi connectivity index (χ1n) is 2.00. The number of rotatable bonds is 0. The third kappa shape index (κ3) is 42.7. The second kappa shape index (κ2) is 8.88. The molecule has 0 radical (unpaired) electrons. The fourth-order valence-corrected chi connectivity index (χ4v) is 0. The Morgan fingerprint density at radius 3 is 0.917 bits per heavy atom. The summed E-state index contributed by atoms with van der Waals surface area (Å²) in [5.41, 5.74) is 0. The number of hydrogen-bond acceptors (Lipinski definition) is 6. The van der Waals surface area contributed by atoms with Gasteiger partial charge in [0.1, 0.15) is 0 Å². The van der Waals surface area contributed by atoms with Crippen LogP contribution in [0.25, 0.3) is 0 Å². The molecule has 0 aromatic rings. The van der Waals surface area contributed by atoms with Crippen molar-refractivity contribution in [1.82, 2.24) is 0 Å². The summed E-state index contributed by atoms with van der Waals surface area (Å²) in [4.78, 5) is 18.2. The molecule has 0 fully saturated rings. The van der Waals surface area contributed by atoms with Crippen molar-refractivity contribution in [2.75, 3.05) is 0 Å². The Bertz CT molecular complexity index is 132. The van der Waals surface area contributed by atoms with Crippen LogP contribution in [0.4, 0.5) is 0 Å². The van der Waals surface area contributed by atoms with E-state index in [1.807, 2.05) is 0 Å². The maximum absolute atomic E-state index is 9.10. The summed E-state index contributed by atoms with van der Waals surface area (Å²) < 4.78 is 29.5. The van der Waals surface area contributed by atoms with Crippen LogP contribution in [0.1, 0.15) is 0 Å². The molecule has 0 unspecified atom stereocenters. The topological polar surface area (TPSA) is 156 Å². The summed E-state index contributed by atoms with van der Waals surface area (Å²) in [6, 6.07) is 0. The molecule has 12 heavy (non-hydrogen) atoms. The quantitative estimate of drug-likeness (QED) is 0.197. The first-order valence-corrected chi connectivity index (χ1v) is 4.79. The predicted octanol–water partition coefficient (Wildman–Crippen LogP) is -3.72. The zero-order chi connectivity index (χ0) is 9.65. The van der Waals surface area contributed by atoms with Gasteiger partial charge < -0.3 is 10.2 Å². The van der Waals surface area contributed by atoms with Crippen LogP contribution < -0.4 is 0 Å². The predicted molar refractivity (Wildman–Crippen MR) is 31.3 cm³/mol. The zero-order valence-corrected chi connectivity index (χ0v) is 6.56. The molecule has 0 saturated heterocycles. The van der Waals surface area contributed by atoms with E-state index in [0.717, 1.165) is 0 Å². The Labute approximate surface area is 121 Å². The fraction of sp³-hybridized carbons (Fsp3) is 0. The standard InChI is InChI=1S/C2H2O4.4H2O.Rb.Ti.H/c3-1(4)2(5)6;;;;;;;/h(H,3,4)(H,5,6);4*1H2;;;/q;;;;;;+4;/p-4. The van der Waals surface area contributed by atoms with Crippen LogP contribution in [-0.2, 0) is 27.7 Å². The number of carbonyl (C=O) groups is 2. The third-order valence-corrected chi connectivity index (χ3v) is 0.183. The van der Waals surface area contributed by atoms with Crippen molar-refractivity contribution in [3.05, 3.63) is 0 Å².